The van der Waals surface area contributed by atoms with Crippen molar-refractivity contribution in [3.05, 3.63) is 76.0 Å². The van der Waals surface area contributed by atoms with E-state index >= 15 is 0 Å². The van der Waals surface area contributed by atoms with E-state index in [4.69, 9.17) is 0 Å². The fraction of sp³-hybridized carbons (Fsp3) is 0.227. The summed E-state index contributed by atoms with van der Waals surface area (Å²) in [6, 6.07) is 13.2. The van der Waals surface area contributed by atoms with Gasteiger partial charge in [-0.05, 0) is 37.3 Å². The van der Waals surface area contributed by atoms with Crippen LogP contribution in [0, 0.1) is 12.7 Å². The highest BCUT2D eigenvalue weighted by molar-refractivity contribution is 8.02. The van der Waals surface area contributed by atoms with Gasteiger partial charge < -0.3 is 4.90 Å². The lowest BCUT2D eigenvalue weighted by atomic mass is 10.0. The summed E-state index contributed by atoms with van der Waals surface area (Å²) < 4.78 is 17.3. The third kappa shape index (κ3) is 2.43. The summed E-state index contributed by atoms with van der Waals surface area (Å²) >= 11 is 1.12. The van der Waals surface area contributed by atoms with Gasteiger partial charge in [-0.15, -0.1) is 11.8 Å². The van der Waals surface area contributed by atoms with Crippen LogP contribution in [0.4, 0.5) is 15.8 Å². The molecule has 0 N–H and O–H groups in total. The Morgan fingerprint density at radius 2 is 1.74 bits per heavy atom. The van der Waals surface area contributed by atoms with Crippen LogP contribution in [0.1, 0.15) is 11.3 Å². The maximum absolute atomic E-state index is 14.2. The van der Waals surface area contributed by atoms with E-state index in [1.165, 1.54) is 32.7 Å². The molecule has 3 aromatic rings. The summed E-state index contributed by atoms with van der Waals surface area (Å²) in [5.41, 5.74) is 1.78. The lowest BCUT2D eigenvalue weighted by Crippen LogP contribution is -2.50. The molecule has 1 unspecified atom stereocenters. The van der Waals surface area contributed by atoms with E-state index in [9.17, 15) is 18.8 Å². The zero-order valence-electron chi connectivity index (χ0n) is 17.1. The Hall–Kier alpha value is -3.33. The van der Waals surface area contributed by atoms with Crippen molar-refractivity contribution >= 4 is 35.0 Å². The third-order valence-electron chi connectivity index (χ3n) is 6.00. The van der Waals surface area contributed by atoms with Crippen LogP contribution in [0.3, 0.4) is 0 Å². The number of amides is 2. The number of carbonyl (C=O) groups excluding carboxylic acids is 2. The van der Waals surface area contributed by atoms with E-state index in [0.29, 0.717) is 22.6 Å². The van der Waals surface area contributed by atoms with Crippen LogP contribution in [0.15, 0.2) is 53.3 Å². The Labute approximate surface area is 181 Å². The highest BCUT2D eigenvalue weighted by Crippen LogP contribution is 2.55. The second kappa shape index (κ2) is 6.58. The molecule has 0 radical (unpaired) electrons. The number of aromatic nitrogens is 2. The number of likely N-dealkylation sites (N-methyl/N-ethyl adjacent to an activating group) is 1. The quantitative estimate of drug-likeness (QED) is 0.617. The SMILES string of the molecule is Cc1c(N2C(=O)CSC23C(=O)N(C)c2ccc(F)cc23)c(=O)n(-c2ccccc2)n1C. The monoisotopic (exact) mass is 438 g/mol. The molecule has 5 rings (SSSR count). The minimum absolute atomic E-state index is 0.00858. The summed E-state index contributed by atoms with van der Waals surface area (Å²) in [6.45, 7) is 1.73. The van der Waals surface area contributed by atoms with Gasteiger partial charge in [-0.2, -0.15) is 0 Å². The van der Waals surface area contributed by atoms with Gasteiger partial charge >= 0.3 is 0 Å². The number of hydrogen-bond donors (Lipinski definition) is 0. The molecular weight excluding hydrogens is 419 g/mol. The van der Waals surface area contributed by atoms with Crippen LogP contribution in [0.5, 0.6) is 0 Å². The number of carbonyl (C=O) groups is 2. The average Bonchev–Trinajstić information content (AvgIpc) is 3.28. The van der Waals surface area contributed by atoms with Gasteiger partial charge in [-0.25, -0.2) is 9.07 Å². The Balaban J connectivity index is 1.79. The number of benzene rings is 2. The minimum atomic E-state index is -1.51. The number of rotatable bonds is 2. The molecule has 1 aromatic heterocycles. The average molecular weight is 438 g/mol. The number of hydrogen-bond acceptors (Lipinski definition) is 4. The van der Waals surface area contributed by atoms with Gasteiger partial charge in [0.1, 0.15) is 11.5 Å². The van der Waals surface area contributed by atoms with Gasteiger partial charge in [0.25, 0.3) is 11.5 Å². The van der Waals surface area contributed by atoms with Crippen LogP contribution < -0.4 is 15.4 Å². The Bertz CT molecular complexity index is 1320. The van der Waals surface area contributed by atoms with Crippen LogP contribution in [-0.4, -0.2) is 34.0 Å². The predicted octanol–water partition coefficient (Wildman–Crippen LogP) is 2.53. The number of nitrogens with zero attached hydrogens (tertiary/aromatic N) is 4. The Kier molecular flexibility index (Phi) is 4.17. The molecule has 158 valence electrons. The summed E-state index contributed by atoms with van der Waals surface area (Å²) in [7, 11) is 3.32. The minimum Gasteiger partial charge on any atom is -0.312 e. The van der Waals surface area contributed by atoms with E-state index in [0.717, 1.165) is 11.8 Å². The van der Waals surface area contributed by atoms with E-state index in [1.807, 2.05) is 18.2 Å². The van der Waals surface area contributed by atoms with Crippen molar-refractivity contribution in [2.45, 2.75) is 11.8 Å². The van der Waals surface area contributed by atoms with E-state index in [-0.39, 0.29) is 23.3 Å². The highest BCUT2D eigenvalue weighted by atomic mass is 32.2. The summed E-state index contributed by atoms with van der Waals surface area (Å²) in [6.07, 6.45) is 0. The predicted molar refractivity (Wildman–Crippen MR) is 117 cm³/mol. The summed E-state index contributed by atoms with van der Waals surface area (Å²) in [5.74, 6) is -1.24. The first-order chi connectivity index (χ1) is 14.8. The maximum Gasteiger partial charge on any atom is 0.295 e. The van der Waals surface area contributed by atoms with Gasteiger partial charge in [0, 0.05) is 19.7 Å². The van der Waals surface area contributed by atoms with Gasteiger partial charge in [-0.3, -0.25) is 24.0 Å². The van der Waals surface area contributed by atoms with Crippen molar-refractivity contribution in [1.29, 1.82) is 0 Å². The Morgan fingerprint density at radius 3 is 2.45 bits per heavy atom. The normalized spacial score (nSPS) is 20.3. The number of para-hydroxylation sites is 1. The largest absolute Gasteiger partial charge is 0.312 e. The van der Waals surface area contributed by atoms with Crippen molar-refractivity contribution in [2.24, 2.45) is 7.05 Å². The van der Waals surface area contributed by atoms with Crippen LogP contribution >= 0.6 is 11.8 Å². The molecule has 3 heterocycles. The van der Waals surface area contributed by atoms with E-state index in [2.05, 4.69) is 0 Å². The second-order valence-corrected chi connectivity index (χ2v) is 8.77. The Morgan fingerprint density at radius 1 is 1.03 bits per heavy atom. The molecule has 2 aromatic carbocycles. The first kappa shape index (κ1) is 19.6. The molecular formula is C22H19FN4O3S. The molecule has 7 nitrogen and oxygen atoms in total. The fourth-order valence-corrected chi connectivity index (χ4v) is 5.81. The molecule has 1 atom stereocenters. The summed E-state index contributed by atoms with van der Waals surface area (Å²) in [5, 5.41) is 0. The third-order valence-corrected chi connectivity index (χ3v) is 7.38. The molecule has 2 aliphatic rings. The highest BCUT2D eigenvalue weighted by Gasteiger charge is 2.61. The second-order valence-electron chi connectivity index (χ2n) is 7.60. The first-order valence-corrected chi connectivity index (χ1v) is 10.7. The van der Waals surface area contributed by atoms with Gasteiger partial charge in [0.2, 0.25) is 10.8 Å². The number of halogens is 1. The molecule has 0 saturated carbocycles. The van der Waals surface area contributed by atoms with Gasteiger partial charge in [-0.1, -0.05) is 18.2 Å². The molecule has 1 spiro atoms. The number of thioether (sulfide) groups is 1. The smallest absolute Gasteiger partial charge is 0.295 e. The zero-order chi connectivity index (χ0) is 22.1. The van der Waals surface area contributed by atoms with E-state index < -0.39 is 16.2 Å². The van der Waals surface area contributed by atoms with Gasteiger partial charge in [0.05, 0.1) is 22.8 Å². The molecule has 1 saturated heterocycles. The molecule has 9 heteroatoms. The standard InChI is InChI=1S/C22H19FN4O3S/c1-13-19(20(29)27(25(13)3)15-7-5-4-6-8-15)26-18(28)12-31-22(26)16-11-14(23)9-10-17(16)24(2)21(22)30/h4-11H,12H2,1-3H3. The molecule has 31 heavy (non-hydrogen) atoms. The zero-order valence-corrected chi connectivity index (χ0v) is 17.9. The van der Waals surface area contributed by atoms with Crippen molar-refractivity contribution < 1.29 is 14.0 Å². The van der Waals surface area contributed by atoms with Gasteiger partial charge in [0.15, 0.2) is 0 Å². The van der Waals surface area contributed by atoms with Crippen LogP contribution in [0.2, 0.25) is 0 Å². The lowest BCUT2D eigenvalue weighted by molar-refractivity contribution is -0.123. The molecule has 0 bridgehead atoms. The van der Waals surface area contributed by atoms with Crippen molar-refractivity contribution in [3.8, 4) is 5.69 Å². The lowest BCUT2D eigenvalue weighted by Gasteiger charge is -2.32. The molecule has 0 aliphatic carbocycles. The summed E-state index contributed by atoms with van der Waals surface area (Å²) in [4.78, 5) is 41.4. The van der Waals surface area contributed by atoms with Crippen molar-refractivity contribution in [1.82, 2.24) is 9.36 Å². The van der Waals surface area contributed by atoms with Crippen molar-refractivity contribution in [3.63, 3.8) is 0 Å². The van der Waals surface area contributed by atoms with Crippen LogP contribution in [0.25, 0.3) is 5.69 Å². The van der Waals surface area contributed by atoms with E-state index in [1.54, 1.807) is 37.8 Å². The topological polar surface area (TPSA) is 67.6 Å². The maximum atomic E-state index is 14.2. The molecule has 1 fully saturated rings. The molecule has 2 amide bonds. The molecule has 2 aliphatic heterocycles. The number of fused-ring (bicyclic) bond motifs is 2. The fourth-order valence-electron chi connectivity index (χ4n) is 4.44. The van der Waals surface area contributed by atoms with Crippen LogP contribution in [-0.2, 0) is 21.5 Å². The number of anilines is 2. The van der Waals surface area contributed by atoms with Crippen molar-refractivity contribution in [2.75, 3.05) is 22.6 Å². The first-order valence-electron chi connectivity index (χ1n) is 9.68.